The summed E-state index contributed by atoms with van der Waals surface area (Å²) in [4.78, 5) is 0. The summed E-state index contributed by atoms with van der Waals surface area (Å²) < 4.78 is 18.2. The van der Waals surface area contributed by atoms with Crippen molar-refractivity contribution in [3.63, 3.8) is 0 Å². The van der Waals surface area contributed by atoms with Crippen molar-refractivity contribution in [3.8, 4) is 0 Å². The van der Waals surface area contributed by atoms with Gasteiger partial charge in [-0.05, 0) is 37.6 Å². The number of aliphatic hydroxyl groups is 1. The summed E-state index contributed by atoms with van der Waals surface area (Å²) in [6.07, 6.45) is 0.980. The van der Waals surface area contributed by atoms with E-state index in [4.69, 9.17) is 16.3 Å². The van der Waals surface area contributed by atoms with Gasteiger partial charge >= 0.3 is 0 Å². The summed E-state index contributed by atoms with van der Waals surface area (Å²) in [5, 5.41) is 13.5. The third-order valence-corrected chi connectivity index (χ3v) is 3.20. The van der Waals surface area contributed by atoms with Crippen molar-refractivity contribution in [1.82, 2.24) is 5.32 Å². The molecule has 0 spiro atoms. The van der Waals surface area contributed by atoms with Crippen LogP contribution in [0.25, 0.3) is 0 Å². The molecule has 0 amide bonds. The number of rotatable bonds is 8. The van der Waals surface area contributed by atoms with Crippen LogP contribution in [0, 0.1) is 5.82 Å². The Kier molecular flexibility index (Phi) is 6.72. The number of methoxy groups -OCH3 is 1. The first-order valence-corrected chi connectivity index (χ1v) is 6.68. The van der Waals surface area contributed by atoms with Gasteiger partial charge in [-0.15, -0.1) is 0 Å². The maximum absolute atomic E-state index is 13.3. The van der Waals surface area contributed by atoms with Gasteiger partial charge in [0.05, 0.1) is 17.2 Å². The number of halogens is 2. The lowest BCUT2D eigenvalue weighted by atomic mass is 9.93. The van der Waals surface area contributed by atoms with Gasteiger partial charge in [0.2, 0.25) is 0 Å². The van der Waals surface area contributed by atoms with E-state index in [1.165, 1.54) is 12.1 Å². The zero-order chi connectivity index (χ0) is 14.3. The van der Waals surface area contributed by atoms with Gasteiger partial charge in [-0.3, -0.25) is 0 Å². The molecule has 0 heterocycles. The molecule has 0 saturated heterocycles. The summed E-state index contributed by atoms with van der Waals surface area (Å²) in [6, 6.07) is 4.62. The molecule has 0 fully saturated rings. The molecule has 1 rings (SSSR count). The predicted octanol–water partition coefficient (Wildman–Crippen LogP) is 2.40. The molecule has 0 bridgehead atoms. The minimum atomic E-state index is -0.875. The predicted molar refractivity (Wildman–Crippen MR) is 75.1 cm³/mol. The third kappa shape index (κ3) is 6.34. The molecule has 1 aromatic carbocycles. The quantitative estimate of drug-likeness (QED) is 0.722. The second-order valence-electron chi connectivity index (χ2n) is 4.91. The Morgan fingerprint density at radius 3 is 2.79 bits per heavy atom. The van der Waals surface area contributed by atoms with Crippen molar-refractivity contribution in [2.45, 2.75) is 25.4 Å². The van der Waals surface area contributed by atoms with Gasteiger partial charge in [-0.25, -0.2) is 4.39 Å². The Bertz CT molecular complexity index is 399. The molecular weight excluding hydrogens is 269 g/mol. The van der Waals surface area contributed by atoms with Crippen LogP contribution in [-0.2, 0) is 11.2 Å². The molecular formula is C14H21ClFNO2. The van der Waals surface area contributed by atoms with Crippen molar-refractivity contribution in [2.24, 2.45) is 0 Å². The molecule has 0 saturated carbocycles. The molecule has 0 radical (unpaired) electrons. The van der Waals surface area contributed by atoms with Crippen LogP contribution in [0.3, 0.4) is 0 Å². The lowest BCUT2D eigenvalue weighted by molar-refractivity contribution is 0.0510. The number of ether oxygens (including phenoxy) is 1. The molecule has 108 valence electrons. The van der Waals surface area contributed by atoms with Gasteiger partial charge in [0.1, 0.15) is 5.82 Å². The maximum atomic E-state index is 13.3. The minimum absolute atomic E-state index is 0.102. The van der Waals surface area contributed by atoms with Crippen molar-refractivity contribution >= 4 is 11.6 Å². The highest BCUT2D eigenvalue weighted by atomic mass is 35.5. The summed E-state index contributed by atoms with van der Waals surface area (Å²) in [6.45, 7) is 3.83. The highest BCUT2D eigenvalue weighted by molar-refractivity contribution is 6.30. The average Bonchev–Trinajstić information content (AvgIpc) is 2.33. The van der Waals surface area contributed by atoms with Gasteiger partial charge in [0.25, 0.3) is 0 Å². The number of nitrogens with one attached hydrogen (secondary N) is 1. The Morgan fingerprint density at radius 2 is 2.16 bits per heavy atom. The first-order chi connectivity index (χ1) is 8.94. The van der Waals surface area contributed by atoms with Crippen LogP contribution in [0.2, 0.25) is 5.02 Å². The van der Waals surface area contributed by atoms with E-state index in [1.54, 1.807) is 20.1 Å². The van der Waals surface area contributed by atoms with Crippen LogP contribution in [0.4, 0.5) is 4.39 Å². The second-order valence-corrected chi connectivity index (χ2v) is 5.32. The smallest absolute Gasteiger partial charge is 0.142 e. The summed E-state index contributed by atoms with van der Waals surface area (Å²) >= 11 is 5.62. The molecule has 2 N–H and O–H groups in total. The van der Waals surface area contributed by atoms with Gasteiger partial charge in [0.15, 0.2) is 0 Å². The number of benzene rings is 1. The van der Waals surface area contributed by atoms with Crippen molar-refractivity contribution in [1.29, 1.82) is 0 Å². The largest absolute Gasteiger partial charge is 0.390 e. The summed E-state index contributed by atoms with van der Waals surface area (Å²) in [5.74, 6) is -0.451. The highest BCUT2D eigenvalue weighted by Gasteiger charge is 2.20. The standard InChI is InChI=1S/C14H21ClFNO2/c1-14(18,5-6-17-7-8-19-2)10-11-3-4-12(15)13(16)9-11/h3-4,9,17-18H,5-8,10H2,1-2H3. The van der Waals surface area contributed by atoms with Crippen LogP contribution >= 0.6 is 11.6 Å². The zero-order valence-electron chi connectivity index (χ0n) is 11.4. The normalized spacial score (nSPS) is 14.4. The molecule has 5 heteroatoms. The first kappa shape index (κ1) is 16.4. The third-order valence-electron chi connectivity index (χ3n) is 2.89. The fraction of sp³-hybridized carbons (Fsp3) is 0.571. The van der Waals surface area contributed by atoms with Crippen LogP contribution in [0.15, 0.2) is 18.2 Å². The van der Waals surface area contributed by atoms with E-state index >= 15 is 0 Å². The van der Waals surface area contributed by atoms with E-state index in [2.05, 4.69) is 5.32 Å². The molecule has 0 aliphatic heterocycles. The van der Waals surface area contributed by atoms with Crippen LogP contribution < -0.4 is 5.32 Å². The Balaban J connectivity index is 2.42. The van der Waals surface area contributed by atoms with E-state index in [-0.39, 0.29) is 5.02 Å². The Hall–Kier alpha value is -0.680. The lowest BCUT2D eigenvalue weighted by Gasteiger charge is -2.23. The molecule has 0 aromatic heterocycles. The van der Waals surface area contributed by atoms with Crippen molar-refractivity contribution < 1.29 is 14.2 Å². The van der Waals surface area contributed by atoms with Gasteiger partial charge in [-0.2, -0.15) is 0 Å². The topological polar surface area (TPSA) is 41.5 Å². The summed E-state index contributed by atoms with van der Waals surface area (Å²) in [7, 11) is 1.65. The van der Waals surface area contributed by atoms with Crippen LogP contribution in [-0.4, -0.2) is 37.5 Å². The second kappa shape index (κ2) is 7.80. The van der Waals surface area contributed by atoms with Crippen molar-refractivity contribution in [3.05, 3.63) is 34.6 Å². The molecule has 1 aromatic rings. The Morgan fingerprint density at radius 1 is 1.42 bits per heavy atom. The number of hydrogen-bond acceptors (Lipinski definition) is 3. The Labute approximate surface area is 118 Å². The van der Waals surface area contributed by atoms with E-state index < -0.39 is 11.4 Å². The summed E-state index contributed by atoms with van der Waals surface area (Å²) in [5.41, 5.74) is -0.135. The number of hydrogen-bond donors (Lipinski definition) is 2. The molecule has 19 heavy (non-hydrogen) atoms. The van der Waals surface area contributed by atoms with Gasteiger partial charge in [-0.1, -0.05) is 17.7 Å². The van der Waals surface area contributed by atoms with Crippen LogP contribution in [0.1, 0.15) is 18.9 Å². The SMILES string of the molecule is COCCNCCC(C)(O)Cc1ccc(Cl)c(F)c1. The molecule has 0 aliphatic carbocycles. The van der Waals surface area contributed by atoms with Gasteiger partial charge in [0, 0.05) is 20.1 Å². The minimum Gasteiger partial charge on any atom is -0.390 e. The fourth-order valence-electron chi connectivity index (χ4n) is 1.83. The molecule has 0 aliphatic rings. The van der Waals surface area contributed by atoms with Gasteiger partial charge < -0.3 is 15.2 Å². The molecule has 1 unspecified atom stereocenters. The van der Waals surface area contributed by atoms with Crippen LogP contribution in [0.5, 0.6) is 0 Å². The maximum Gasteiger partial charge on any atom is 0.142 e. The monoisotopic (exact) mass is 289 g/mol. The van der Waals surface area contributed by atoms with E-state index in [9.17, 15) is 9.50 Å². The van der Waals surface area contributed by atoms with E-state index in [0.29, 0.717) is 26.0 Å². The van der Waals surface area contributed by atoms with E-state index in [0.717, 1.165) is 12.1 Å². The van der Waals surface area contributed by atoms with E-state index in [1.807, 2.05) is 0 Å². The lowest BCUT2D eigenvalue weighted by Crippen LogP contribution is -2.33. The highest BCUT2D eigenvalue weighted by Crippen LogP contribution is 2.21. The molecule has 3 nitrogen and oxygen atoms in total. The molecule has 1 atom stereocenters. The fourth-order valence-corrected chi connectivity index (χ4v) is 1.95. The zero-order valence-corrected chi connectivity index (χ0v) is 12.1. The first-order valence-electron chi connectivity index (χ1n) is 6.30. The average molecular weight is 290 g/mol. The van der Waals surface area contributed by atoms with Crippen molar-refractivity contribution in [2.75, 3.05) is 26.8 Å².